The second-order valence-corrected chi connectivity index (χ2v) is 14.9. The van der Waals surface area contributed by atoms with Gasteiger partial charge in [-0.3, -0.25) is 9.36 Å². The maximum atomic E-state index is 14.8. The van der Waals surface area contributed by atoms with Gasteiger partial charge in [-0.15, -0.1) is 11.3 Å². The number of hydrogen-bond acceptors (Lipinski definition) is 7. The molecule has 2 bridgehead atoms. The Bertz CT molecular complexity index is 1880. The standard InChI is InChI=1S/C36H43F2N7O2S/c1-21-28-15-23(36(28,2)3)16-30(21)43-35(44-13-10-39-25(19-37)20-44)41-24-6-8-27-31(17-24)42-32(33-40-11-14-48-33)45(34(27)46)12-9-22-5-7-26(47-4)18-29(22)38/h5-8,11,14,17-18,21,23,25,28,30,39H,9-10,12-13,15-16,19-20H2,1-4H3,(H,41,43)/t21-,23+,25+,28+,30+/m1/s1. The molecular formula is C36H43F2N7O2S. The maximum absolute atomic E-state index is 14.8. The number of aryl methyl sites for hydroxylation is 1. The van der Waals surface area contributed by atoms with Crippen molar-refractivity contribution in [2.24, 2.45) is 28.2 Å². The predicted octanol–water partition coefficient (Wildman–Crippen LogP) is 5.99. The summed E-state index contributed by atoms with van der Waals surface area (Å²) in [5, 5.41) is 9.73. The van der Waals surface area contributed by atoms with Crippen LogP contribution in [0.4, 0.5) is 14.5 Å². The molecule has 4 aliphatic rings. The second-order valence-electron chi connectivity index (χ2n) is 14.0. The quantitative estimate of drug-likeness (QED) is 0.175. The first-order valence-electron chi connectivity index (χ1n) is 16.8. The minimum absolute atomic E-state index is 0.181. The summed E-state index contributed by atoms with van der Waals surface area (Å²) >= 11 is 1.39. The van der Waals surface area contributed by atoms with Crippen molar-refractivity contribution in [1.29, 1.82) is 0 Å². The molecule has 3 aliphatic carbocycles. The lowest BCUT2D eigenvalue weighted by molar-refractivity contribution is -0.108. The smallest absolute Gasteiger partial charge is 0.261 e. The topological polar surface area (TPSA) is 96.7 Å². The molecule has 9 nitrogen and oxygen atoms in total. The fraction of sp³-hybridized carbons (Fsp3) is 0.500. The Kier molecular flexibility index (Phi) is 8.97. The van der Waals surface area contributed by atoms with E-state index in [4.69, 9.17) is 14.7 Å². The number of thiazole rings is 1. The molecule has 0 amide bonds. The van der Waals surface area contributed by atoms with Crippen LogP contribution in [0, 0.1) is 29.0 Å². The Morgan fingerprint density at radius 3 is 2.79 bits per heavy atom. The van der Waals surface area contributed by atoms with Gasteiger partial charge in [0.1, 0.15) is 18.2 Å². The van der Waals surface area contributed by atoms with E-state index in [9.17, 15) is 13.6 Å². The van der Waals surface area contributed by atoms with Gasteiger partial charge >= 0.3 is 0 Å². The van der Waals surface area contributed by atoms with Crippen molar-refractivity contribution < 1.29 is 13.5 Å². The van der Waals surface area contributed by atoms with Crippen molar-refractivity contribution in [3.63, 3.8) is 0 Å². The minimum Gasteiger partial charge on any atom is -0.497 e. The van der Waals surface area contributed by atoms with Gasteiger partial charge in [0.2, 0.25) is 0 Å². The number of rotatable bonds is 8. The number of aliphatic imine (C=N–C) groups is 1. The highest BCUT2D eigenvalue weighted by atomic mass is 32.1. The van der Waals surface area contributed by atoms with Crippen LogP contribution in [-0.2, 0) is 13.0 Å². The fourth-order valence-corrected chi connectivity index (χ4v) is 8.62. The lowest BCUT2D eigenvalue weighted by Crippen LogP contribution is -2.58. The van der Waals surface area contributed by atoms with E-state index in [2.05, 4.69) is 41.3 Å². The summed E-state index contributed by atoms with van der Waals surface area (Å²) in [5.41, 5.74) is 1.89. The van der Waals surface area contributed by atoms with Crippen molar-refractivity contribution in [3.8, 4) is 16.6 Å². The van der Waals surface area contributed by atoms with Crippen LogP contribution in [0.1, 0.15) is 39.2 Å². The third kappa shape index (κ3) is 6.09. The van der Waals surface area contributed by atoms with Crippen LogP contribution in [0.15, 0.2) is 57.8 Å². The summed E-state index contributed by atoms with van der Waals surface area (Å²) in [6, 6.07) is 10.2. The van der Waals surface area contributed by atoms with Gasteiger partial charge in [0.05, 0.1) is 30.1 Å². The number of nitrogens with zero attached hydrogens (tertiary/aromatic N) is 5. The Hall–Kier alpha value is -3.90. The lowest BCUT2D eigenvalue weighted by Gasteiger charge is -2.61. The van der Waals surface area contributed by atoms with E-state index in [-0.39, 0.29) is 30.0 Å². The van der Waals surface area contributed by atoms with E-state index in [1.165, 1.54) is 30.9 Å². The number of guanidine groups is 1. The first-order valence-corrected chi connectivity index (χ1v) is 17.7. The number of ether oxygens (including phenoxy) is 1. The molecule has 0 radical (unpaired) electrons. The summed E-state index contributed by atoms with van der Waals surface area (Å²) < 4.78 is 35.3. The molecule has 2 aromatic carbocycles. The SMILES string of the molecule is COc1ccc(CCn2c(-c3nccs3)nc3cc(NC(=N[C@H]4C[C@@H]5C[C@@H]([C@H]4C)C5(C)C)N4CCN[C@@H](CF)C4)ccc3c2=O)c(F)c1. The number of halogens is 2. The van der Waals surface area contributed by atoms with Crippen molar-refractivity contribution in [3.05, 3.63) is 69.7 Å². The van der Waals surface area contributed by atoms with Crippen LogP contribution in [0.2, 0.25) is 0 Å². The highest BCUT2D eigenvalue weighted by Gasteiger charge is 2.56. The van der Waals surface area contributed by atoms with Crippen molar-refractivity contribution in [1.82, 2.24) is 24.8 Å². The molecular weight excluding hydrogens is 633 g/mol. The molecule has 48 heavy (non-hydrogen) atoms. The van der Waals surface area contributed by atoms with Gasteiger partial charge in [0.15, 0.2) is 16.8 Å². The summed E-state index contributed by atoms with van der Waals surface area (Å²) in [6.07, 6.45) is 4.29. The van der Waals surface area contributed by atoms with Gasteiger partial charge in [-0.05, 0) is 72.3 Å². The molecule has 4 aromatic rings. The van der Waals surface area contributed by atoms with Crippen molar-refractivity contribution in [2.75, 3.05) is 38.7 Å². The Labute approximate surface area is 283 Å². The summed E-state index contributed by atoms with van der Waals surface area (Å²) in [5.74, 6) is 2.98. The first-order chi connectivity index (χ1) is 23.2. The molecule has 254 valence electrons. The van der Waals surface area contributed by atoms with Gasteiger partial charge in [0, 0.05) is 49.5 Å². The molecule has 12 heteroatoms. The van der Waals surface area contributed by atoms with E-state index >= 15 is 0 Å². The number of piperazine rings is 1. The second kappa shape index (κ2) is 13.2. The van der Waals surface area contributed by atoms with Crippen LogP contribution in [0.5, 0.6) is 5.75 Å². The molecule has 3 saturated carbocycles. The Morgan fingerprint density at radius 1 is 1.23 bits per heavy atom. The zero-order chi connectivity index (χ0) is 33.6. The lowest BCUT2D eigenvalue weighted by atomic mass is 9.45. The number of fused-ring (bicyclic) bond motifs is 3. The molecule has 0 unspecified atom stereocenters. The number of aromatic nitrogens is 3. The van der Waals surface area contributed by atoms with E-state index in [0.29, 0.717) is 82.3 Å². The number of nitrogens with one attached hydrogen (secondary N) is 2. The summed E-state index contributed by atoms with van der Waals surface area (Å²) in [4.78, 5) is 30.9. The molecule has 2 N–H and O–H groups in total. The zero-order valence-corrected chi connectivity index (χ0v) is 28.7. The molecule has 1 saturated heterocycles. The van der Waals surface area contributed by atoms with Crippen molar-refractivity contribution >= 4 is 33.9 Å². The molecule has 4 fully saturated rings. The van der Waals surface area contributed by atoms with Crippen molar-refractivity contribution in [2.45, 2.75) is 58.7 Å². The predicted molar refractivity (Wildman–Crippen MR) is 187 cm³/mol. The van der Waals surface area contributed by atoms with Crippen LogP contribution in [0.3, 0.4) is 0 Å². The molecule has 8 rings (SSSR count). The highest BCUT2D eigenvalue weighted by Crippen LogP contribution is 2.61. The molecule has 0 spiro atoms. The van der Waals surface area contributed by atoms with Crippen LogP contribution < -0.4 is 20.9 Å². The fourth-order valence-electron chi connectivity index (χ4n) is 7.99. The highest BCUT2D eigenvalue weighted by molar-refractivity contribution is 7.13. The van der Waals surface area contributed by atoms with E-state index in [1.807, 2.05) is 17.5 Å². The van der Waals surface area contributed by atoms with E-state index < -0.39 is 6.67 Å². The summed E-state index contributed by atoms with van der Waals surface area (Å²) in [6.45, 7) is 8.78. The van der Waals surface area contributed by atoms with E-state index in [0.717, 1.165) is 18.1 Å². The minimum atomic E-state index is -0.446. The van der Waals surface area contributed by atoms with Crippen LogP contribution in [-0.4, -0.2) is 70.9 Å². The summed E-state index contributed by atoms with van der Waals surface area (Å²) in [7, 11) is 1.50. The van der Waals surface area contributed by atoms with Gasteiger partial charge < -0.3 is 20.3 Å². The largest absolute Gasteiger partial charge is 0.497 e. The average Bonchev–Trinajstić information content (AvgIpc) is 3.63. The van der Waals surface area contributed by atoms with Gasteiger partial charge in [0.25, 0.3) is 5.56 Å². The zero-order valence-electron chi connectivity index (χ0n) is 27.9. The molecule has 5 atom stereocenters. The van der Waals surface area contributed by atoms with E-state index in [1.54, 1.807) is 29.0 Å². The third-order valence-corrected chi connectivity index (χ3v) is 11.8. The monoisotopic (exact) mass is 675 g/mol. The van der Waals surface area contributed by atoms with Crippen LogP contribution >= 0.6 is 11.3 Å². The van der Waals surface area contributed by atoms with Gasteiger partial charge in [-0.2, -0.15) is 0 Å². The molecule has 3 heterocycles. The molecule has 1 aliphatic heterocycles. The number of anilines is 1. The number of hydrogen-bond donors (Lipinski definition) is 2. The number of benzene rings is 2. The maximum Gasteiger partial charge on any atom is 0.261 e. The average molecular weight is 676 g/mol. The van der Waals surface area contributed by atoms with Crippen LogP contribution in [0.25, 0.3) is 21.7 Å². The van der Waals surface area contributed by atoms with Gasteiger partial charge in [-0.25, -0.2) is 23.7 Å². The third-order valence-electron chi connectivity index (χ3n) is 11.0. The normalized spacial score (nSPS) is 25.2. The Balaban J connectivity index is 1.22. The van der Waals surface area contributed by atoms with Gasteiger partial charge in [-0.1, -0.05) is 26.8 Å². The Morgan fingerprint density at radius 2 is 2.08 bits per heavy atom. The number of methoxy groups -OCH3 is 1. The first kappa shape index (κ1) is 32.6. The molecule has 2 aromatic heterocycles. The number of alkyl halides is 1.